The van der Waals surface area contributed by atoms with E-state index in [1.807, 2.05) is 24.8 Å². The smallest absolute Gasteiger partial charge is 0.146 e. The van der Waals surface area contributed by atoms with E-state index in [0.29, 0.717) is 25.3 Å². The highest BCUT2D eigenvalue weighted by Crippen LogP contribution is 2.27. The van der Waals surface area contributed by atoms with Crippen LogP contribution in [0, 0.1) is 5.82 Å². The lowest BCUT2D eigenvalue weighted by atomic mass is 10.1. The summed E-state index contributed by atoms with van der Waals surface area (Å²) in [5.41, 5.74) is 7.16. The molecule has 1 saturated heterocycles. The van der Waals surface area contributed by atoms with Crippen LogP contribution in [0.2, 0.25) is 0 Å². The van der Waals surface area contributed by atoms with Crippen LogP contribution in [-0.4, -0.2) is 25.3 Å². The van der Waals surface area contributed by atoms with E-state index >= 15 is 0 Å². The van der Waals surface area contributed by atoms with Crippen LogP contribution in [-0.2, 0) is 11.3 Å². The van der Waals surface area contributed by atoms with Gasteiger partial charge in [0.05, 0.1) is 17.9 Å². The van der Waals surface area contributed by atoms with E-state index in [9.17, 15) is 4.39 Å². The number of nitrogens with zero attached hydrogens (tertiary/aromatic N) is 1. The van der Waals surface area contributed by atoms with Gasteiger partial charge in [0, 0.05) is 19.6 Å². The molecule has 1 aromatic carbocycles. The standard InChI is InChI=1S/C13H19FN2O/c1-9-7-16(8-10(2)17-9)13-11(6-15)4-3-5-12(13)14/h3-5,9-10H,6-8,15H2,1-2H3. The Morgan fingerprint density at radius 3 is 2.59 bits per heavy atom. The van der Waals surface area contributed by atoms with Crippen LogP contribution in [0.5, 0.6) is 0 Å². The average Bonchev–Trinajstić information content (AvgIpc) is 2.27. The maximum absolute atomic E-state index is 13.9. The van der Waals surface area contributed by atoms with Crippen molar-refractivity contribution < 1.29 is 9.13 Å². The summed E-state index contributed by atoms with van der Waals surface area (Å²) in [5, 5.41) is 0. The Morgan fingerprint density at radius 2 is 2.00 bits per heavy atom. The number of morpholine rings is 1. The molecule has 1 aromatic rings. The molecule has 4 heteroatoms. The van der Waals surface area contributed by atoms with Crippen molar-refractivity contribution in [2.75, 3.05) is 18.0 Å². The lowest BCUT2D eigenvalue weighted by Gasteiger charge is -2.37. The van der Waals surface area contributed by atoms with Crippen molar-refractivity contribution in [3.63, 3.8) is 0 Å². The monoisotopic (exact) mass is 238 g/mol. The molecule has 2 unspecified atom stereocenters. The molecule has 94 valence electrons. The number of halogens is 1. The summed E-state index contributed by atoms with van der Waals surface area (Å²) in [5.74, 6) is -0.200. The summed E-state index contributed by atoms with van der Waals surface area (Å²) >= 11 is 0. The van der Waals surface area contributed by atoms with Gasteiger partial charge < -0.3 is 15.4 Å². The maximum Gasteiger partial charge on any atom is 0.146 e. The van der Waals surface area contributed by atoms with Crippen molar-refractivity contribution in [2.24, 2.45) is 5.73 Å². The van der Waals surface area contributed by atoms with Gasteiger partial charge in [-0.25, -0.2) is 4.39 Å². The first-order valence-corrected chi connectivity index (χ1v) is 5.99. The van der Waals surface area contributed by atoms with Gasteiger partial charge in [-0.2, -0.15) is 0 Å². The molecule has 0 spiro atoms. The Bertz CT molecular complexity index is 387. The highest BCUT2D eigenvalue weighted by molar-refractivity contribution is 5.55. The van der Waals surface area contributed by atoms with E-state index in [1.54, 1.807) is 6.07 Å². The largest absolute Gasteiger partial charge is 0.372 e. The van der Waals surface area contributed by atoms with Gasteiger partial charge in [0.25, 0.3) is 0 Å². The highest BCUT2D eigenvalue weighted by atomic mass is 19.1. The van der Waals surface area contributed by atoms with E-state index in [2.05, 4.69) is 0 Å². The Labute approximate surface area is 101 Å². The molecule has 1 aliphatic heterocycles. The zero-order valence-electron chi connectivity index (χ0n) is 10.3. The molecule has 17 heavy (non-hydrogen) atoms. The minimum absolute atomic E-state index is 0.115. The van der Waals surface area contributed by atoms with Crippen LogP contribution < -0.4 is 10.6 Å². The summed E-state index contributed by atoms with van der Waals surface area (Å²) in [6, 6.07) is 5.07. The zero-order chi connectivity index (χ0) is 12.4. The average molecular weight is 238 g/mol. The van der Waals surface area contributed by atoms with Crippen molar-refractivity contribution in [2.45, 2.75) is 32.6 Å². The van der Waals surface area contributed by atoms with E-state index in [-0.39, 0.29) is 18.0 Å². The molecule has 2 rings (SSSR count). The lowest BCUT2D eigenvalue weighted by Crippen LogP contribution is -2.46. The summed E-state index contributed by atoms with van der Waals surface area (Å²) in [4.78, 5) is 2.04. The molecule has 3 nitrogen and oxygen atoms in total. The van der Waals surface area contributed by atoms with Crippen LogP contribution in [0.4, 0.5) is 10.1 Å². The van der Waals surface area contributed by atoms with E-state index in [4.69, 9.17) is 10.5 Å². The van der Waals surface area contributed by atoms with Gasteiger partial charge in [-0.15, -0.1) is 0 Å². The normalized spacial score (nSPS) is 25.1. The number of para-hydroxylation sites is 1. The van der Waals surface area contributed by atoms with Crippen molar-refractivity contribution in [1.82, 2.24) is 0 Å². The van der Waals surface area contributed by atoms with Crippen LogP contribution in [0.15, 0.2) is 18.2 Å². The van der Waals surface area contributed by atoms with Crippen molar-refractivity contribution in [3.8, 4) is 0 Å². The molecule has 0 aliphatic carbocycles. The van der Waals surface area contributed by atoms with Crippen LogP contribution in [0.3, 0.4) is 0 Å². The fraction of sp³-hybridized carbons (Fsp3) is 0.538. The zero-order valence-corrected chi connectivity index (χ0v) is 10.3. The van der Waals surface area contributed by atoms with Gasteiger partial charge in [0.15, 0.2) is 0 Å². The van der Waals surface area contributed by atoms with Crippen molar-refractivity contribution >= 4 is 5.69 Å². The van der Waals surface area contributed by atoms with Gasteiger partial charge in [-0.3, -0.25) is 0 Å². The Balaban J connectivity index is 2.32. The number of benzene rings is 1. The summed E-state index contributed by atoms with van der Waals surface area (Å²) in [6.45, 7) is 5.78. The molecule has 0 aromatic heterocycles. The van der Waals surface area contributed by atoms with Crippen LogP contribution in [0.25, 0.3) is 0 Å². The number of nitrogens with two attached hydrogens (primary N) is 1. The fourth-order valence-corrected chi connectivity index (χ4v) is 2.44. The second kappa shape index (κ2) is 5.02. The second-order valence-electron chi connectivity index (χ2n) is 4.61. The van der Waals surface area contributed by atoms with E-state index < -0.39 is 0 Å². The highest BCUT2D eigenvalue weighted by Gasteiger charge is 2.25. The van der Waals surface area contributed by atoms with Gasteiger partial charge in [-0.05, 0) is 25.5 Å². The van der Waals surface area contributed by atoms with E-state index in [0.717, 1.165) is 5.56 Å². The van der Waals surface area contributed by atoms with Crippen molar-refractivity contribution in [1.29, 1.82) is 0 Å². The van der Waals surface area contributed by atoms with Gasteiger partial charge in [0.1, 0.15) is 5.82 Å². The molecule has 0 saturated carbocycles. The summed E-state index contributed by atoms with van der Waals surface area (Å²) in [7, 11) is 0. The predicted octanol–water partition coefficient (Wildman–Crippen LogP) is 1.90. The maximum atomic E-state index is 13.9. The molecule has 0 bridgehead atoms. The molecule has 0 radical (unpaired) electrons. The van der Waals surface area contributed by atoms with Gasteiger partial charge in [-0.1, -0.05) is 12.1 Å². The Kier molecular flexibility index (Phi) is 3.64. The molecule has 2 atom stereocenters. The predicted molar refractivity (Wildman–Crippen MR) is 66.5 cm³/mol. The number of ether oxygens (including phenoxy) is 1. The first-order valence-electron chi connectivity index (χ1n) is 5.99. The third kappa shape index (κ3) is 2.58. The minimum Gasteiger partial charge on any atom is -0.372 e. The Morgan fingerprint density at radius 1 is 1.35 bits per heavy atom. The Hall–Kier alpha value is -1.13. The number of anilines is 1. The minimum atomic E-state index is -0.200. The second-order valence-corrected chi connectivity index (χ2v) is 4.61. The summed E-state index contributed by atoms with van der Waals surface area (Å²) in [6.07, 6.45) is 0.230. The SMILES string of the molecule is CC1CN(c2c(F)cccc2CN)CC(C)O1. The lowest BCUT2D eigenvalue weighted by molar-refractivity contribution is -0.00543. The molecule has 0 amide bonds. The topological polar surface area (TPSA) is 38.5 Å². The number of hydrogen-bond donors (Lipinski definition) is 1. The van der Waals surface area contributed by atoms with Gasteiger partial charge in [0.2, 0.25) is 0 Å². The molecule has 2 N–H and O–H groups in total. The molecule has 1 heterocycles. The van der Waals surface area contributed by atoms with Crippen LogP contribution in [0.1, 0.15) is 19.4 Å². The first-order chi connectivity index (χ1) is 8.11. The van der Waals surface area contributed by atoms with Crippen molar-refractivity contribution in [3.05, 3.63) is 29.6 Å². The van der Waals surface area contributed by atoms with E-state index in [1.165, 1.54) is 6.07 Å². The third-order valence-electron chi connectivity index (χ3n) is 3.03. The molecular weight excluding hydrogens is 219 g/mol. The number of rotatable bonds is 2. The first kappa shape index (κ1) is 12.3. The molecule has 1 aliphatic rings. The molecule has 1 fully saturated rings. The van der Waals surface area contributed by atoms with Gasteiger partial charge >= 0.3 is 0 Å². The molecular formula is C13H19FN2O. The fourth-order valence-electron chi connectivity index (χ4n) is 2.44. The quantitative estimate of drug-likeness (QED) is 0.855. The third-order valence-corrected chi connectivity index (χ3v) is 3.03. The summed E-state index contributed by atoms with van der Waals surface area (Å²) < 4.78 is 19.6. The number of hydrogen-bond acceptors (Lipinski definition) is 3. The van der Waals surface area contributed by atoms with Crippen LogP contribution >= 0.6 is 0 Å².